The van der Waals surface area contributed by atoms with E-state index in [2.05, 4.69) is 26.2 Å². The first-order chi connectivity index (χ1) is 10.0. The minimum absolute atomic E-state index is 0.171. The lowest BCUT2D eigenvalue weighted by atomic mass is 10.2. The molecule has 5 heteroatoms. The fraction of sp³-hybridized carbons (Fsp3) is 0.0625. The molecule has 1 amide bonds. The standard InChI is InChI=1S/C16H14BrN3O/c1-9-6-11(17)2-4-13(9)20-16(21)15-8-10-7-12(18)3-5-14(10)19-15/h2-8,19H,18H2,1H3,(H,20,21). The summed E-state index contributed by atoms with van der Waals surface area (Å²) in [6.07, 6.45) is 0. The third-order valence-electron chi connectivity index (χ3n) is 3.33. The van der Waals surface area contributed by atoms with Crippen LogP contribution >= 0.6 is 15.9 Å². The largest absolute Gasteiger partial charge is 0.399 e. The number of carbonyl (C=O) groups is 1. The predicted octanol–water partition coefficient (Wildman–Crippen LogP) is 4.07. The van der Waals surface area contributed by atoms with Gasteiger partial charge in [0.1, 0.15) is 5.69 Å². The van der Waals surface area contributed by atoms with Crippen LogP contribution in [-0.4, -0.2) is 10.9 Å². The zero-order valence-electron chi connectivity index (χ0n) is 11.4. The molecule has 0 aliphatic rings. The minimum Gasteiger partial charge on any atom is -0.399 e. The van der Waals surface area contributed by atoms with E-state index in [0.29, 0.717) is 11.4 Å². The van der Waals surface area contributed by atoms with Crippen LogP contribution in [0.25, 0.3) is 10.9 Å². The number of hydrogen-bond acceptors (Lipinski definition) is 2. The Kier molecular flexibility index (Phi) is 3.43. The van der Waals surface area contributed by atoms with Gasteiger partial charge in [-0.2, -0.15) is 0 Å². The molecule has 0 saturated carbocycles. The number of fused-ring (bicyclic) bond motifs is 1. The maximum atomic E-state index is 12.3. The molecule has 1 heterocycles. The molecule has 21 heavy (non-hydrogen) atoms. The summed E-state index contributed by atoms with van der Waals surface area (Å²) in [7, 11) is 0. The molecule has 106 valence electrons. The van der Waals surface area contributed by atoms with Gasteiger partial charge in [-0.25, -0.2) is 0 Å². The number of aryl methyl sites for hydroxylation is 1. The molecule has 0 atom stereocenters. The van der Waals surface area contributed by atoms with Gasteiger partial charge in [0.05, 0.1) is 0 Å². The van der Waals surface area contributed by atoms with Gasteiger partial charge in [-0.3, -0.25) is 4.79 Å². The van der Waals surface area contributed by atoms with Crippen LogP contribution in [0.5, 0.6) is 0 Å². The number of hydrogen-bond donors (Lipinski definition) is 3. The lowest BCUT2D eigenvalue weighted by Gasteiger charge is -2.07. The second kappa shape index (κ2) is 5.26. The summed E-state index contributed by atoms with van der Waals surface area (Å²) in [5.74, 6) is -0.171. The van der Waals surface area contributed by atoms with Crippen molar-refractivity contribution in [1.82, 2.24) is 4.98 Å². The van der Waals surface area contributed by atoms with Gasteiger partial charge in [-0.05, 0) is 55.0 Å². The smallest absolute Gasteiger partial charge is 0.272 e. The molecule has 0 aliphatic carbocycles. The van der Waals surface area contributed by atoms with Crippen LogP contribution in [0.1, 0.15) is 16.1 Å². The van der Waals surface area contributed by atoms with Crippen LogP contribution in [-0.2, 0) is 0 Å². The predicted molar refractivity (Wildman–Crippen MR) is 89.5 cm³/mol. The third-order valence-corrected chi connectivity index (χ3v) is 3.82. The zero-order chi connectivity index (χ0) is 15.0. The quantitative estimate of drug-likeness (QED) is 0.613. The van der Waals surface area contributed by atoms with E-state index >= 15 is 0 Å². The lowest BCUT2D eigenvalue weighted by molar-refractivity contribution is 0.102. The number of rotatable bonds is 2. The first kappa shape index (κ1) is 13.7. The highest BCUT2D eigenvalue weighted by atomic mass is 79.9. The van der Waals surface area contributed by atoms with Crippen molar-refractivity contribution in [3.8, 4) is 0 Å². The normalized spacial score (nSPS) is 10.8. The number of halogens is 1. The highest BCUT2D eigenvalue weighted by molar-refractivity contribution is 9.10. The Balaban J connectivity index is 1.89. The highest BCUT2D eigenvalue weighted by Gasteiger charge is 2.11. The number of nitrogen functional groups attached to an aromatic ring is 1. The number of H-pyrrole nitrogens is 1. The number of benzene rings is 2. The molecule has 0 aliphatic heterocycles. The van der Waals surface area contributed by atoms with Crippen molar-refractivity contribution in [3.63, 3.8) is 0 Å². The molecule has 4 N–H and O–H groups in total. The number of aromatic amines is 1. The molecule has 0 fully saturated rings. The Morgan fingerprint density at radius 3 is 2.76 bits per heavy atom. The Morgan fingerprint density at radius 1 is 1.19 bits per heavy atom. The van der Waals surface area contributed by atoms with Crippen molar-refractivity contribution in [2.45, 2.75) is 6.92 Å². The van der Waals surface area contributed by atoms with E-state index in [1.165, 1.54) is 0 Å². The molecule has 2 aromatic carbocycles. The summed E-state index contributed by atoms with van der Waals surface area (Å²) < 4.78 is 0.985. The summed E-state index contributed by atoms with van der Waals surface area (Å²) in [6.45, 7) is 1.95. The first-order valence-electron chi connectivity index (χ1n) is 6.49. The maximum Gasteiger partial charge on any atom is 0.272 e. The van der Waals surface area contributed by atoms with Crippen LogP contribution < -0.4 is 11.1 Å². The summed E-state index contributed by atoms with van der Waals surface area (Å²) in [6, 6.07) is 13.0. The van der Waals surface area contributed by atoms with E-state index in [0.717, 1.165) is 26.6 Å². The second-order valence-corrected chi connectivity index (χ2v) is 5.86. The van der Waals surface area contributed by atoms with Crippen molar-refractivity contribution < 1.29 is 4.79 Å². The molecule has 0 bridgehead atoms. The van der Waals surface area contributed by atoms with Crippen LogP contribution in [0.15, 0.2) is 46.9 Å². The molecule has 0 saturated heterocycles. The number of nitrogens with two attached hydrogens (primary N) is 1. The minimum atomic E-state index is -0.171. The van der Waals surface area contributed by atoms with E-state index in [1.54, 1.807) is 12.1 Å². The average molecular weight is 344 g/mol. The van der Waals surface area contributed by atoms with Gasteiger partial charge in [0.25, 0.3) is 5.91 Å². The highest BCUT2D eigenvalue weighted by Crippen LogP contribution is 2.22. The fourth-order valence-electron chi connectivity index (χ4n) is 2.23. The van der Waals surface area contributed by atoms with Gasteiger partial charge in [0.15, 0.2) is 0 Å². The zero-order valence-corrected chi connectivity index (χ0v) is 13.0. The number of aromatic nitrogens is 1. The lowest BCUT2D eigenvalue weighted by Crippen LogP contribution is -2.13. The monoisotopic (exact) mass is 343 g/mol. The summed E-state index contributed by atoms with van der Waals surface area (Å²) in [5.41, 5.74) is 9.62. The summed E-state index contributed by atoms with van der Waals surface area (Å²) >= 11 is 3.41. The van der Waals surface area contributed by atoms with Gasteiger partial charge < -0.3 is 16.0 Å². The van der Waals surface area contributed by atoms with Gasteiger partial charge in [-0.1, -0.05) is 15.9 Å². The number of carbonyl (C=O) groups excluding carboxylic acids is 1. The van der Waals surface area contributed by atoms with E-state index < -0.39 is 0 Å². The topological polar surface area (TPSA) is 70.9 Å². The van der Waals surface area contributed by atoms with Crippen molar-refractivity contribution >= 4 is 44.1 Å². The molecular weight excluding hydrogens is 330 g/mol. The molecule has 3 aromatic rings. The second-order valence-electron chi connectivity index (χ2n) is 4.94. The maximum absolute atomic E-state index is 12.3. The van der Waals surface area contributed by atoms with E-state index in [4.69, 9.17) is 5.73 Å². The summed E-state index contributed by atoms with van der Waals surface area (Å²) in [5, 5.41) is 3.83. The van der Waals surface area contributed by atoms with Crippen molar-refractivity contribution in [1.29, 1.82) is 0 Å². The molecule has 0 unspecified atom stereocenters. The van der Waals surface area contributed by atoms with Crippen molar-refractivity contribution in [2.24, 2.45) is 0 Å². The van der Waals surface area contributed by atoms with Crippen LogP contribution in [0.4, 0.5) is 11.4 Å². The molecule has 0 radical (unpaired) electrons. The van der Waals surface area contributed by atoms with Gasteiger partial charge in [0.2, 0.25) is 0 Å². The van der Waals surface area contributed by atoms with Gasteiger partial charge >= 0.3 is 0 Å². The van der Waals surface area contributed by atoms with E-state index in [1.807, 2.05) is 37.3 Å². The Morgan fingerprint density at radius 2 is 2.00 bits per heavy atom. The van der Waals surface area contributed by atoms with Crippen LogP contribution in [0.3, 0.4) is 0 Å². The van der Waals surface area contributed by atoms with E-state index in [-0.39, 0.29) is 5.91 Å². The van der Waals surface area contributed by atoms with Crippen LogP contribution in [0, 0.1) is 6.92 Å². The Labute approximate surface area is 130 Å². The molecular formula is C16H14BrN3O. The van der Waals surface area contributed by atoms with Crippen molar-refractivity contribution in [2.75, 3.05) is 11.1 Å². The Bertz CT molecular complexity index is 839. The number of anilines is 2. The Hall–Kier alpha value is -2.27. The SMILES string of the molecule is Cc1cc(Br)ccc1NC(=O)c1cc2cc(N)ccc2[nH]1. The van der Waals surface area contributed by atoms with Crippen LogP contribution in [0.2, 0.25) is 0 Å². The molecule has 4 nitrogen and oxygen atoms in total. The first-order valence-corrected chi connectivity index (χ1v) is 7.28. The van der Waals surface area contributed by atoms with E-state index in [9.17, 15) is 4.79 Å². The third kappa shape index (κ3) is 2.78. The van der Waals surface area contributed by atoms with Gasteiger partial charge in [0, 0.05) is 26.8 Å². The van der Waals surface area contributed by atoms with Crippen molar-refractivity contribution in [3.05, 3.63) is 58.2 Å². The molecule has 3 rings (SSSR count). The average Bonchev–Trinajstić information content (AvgIpc) is 2.85. The number of nitrogens with one attached hydrogen (secondary N) is 2. The number of amides is 1. The molecule has 0 spiro atoms. The molecule has 1 aromatic heterocycles. The van der Waals surface area contributed by atoms with Gasteiger partial charge in [-0.15, -0.1) is 0 Å². The fourth-order valence-corrected chi connectivity index (χ4v) is 2.71. The summed E-state index contributed by atoms with van der Waals surface area (Å²) in [4.78, 5) is 15.4.